The Kier molecular flexibility index (Phi) is 5.71. The Morgan fingerprint density at radius 2 is 1.93 bits per heavy atom. The molecule has 28 heavy (non-hydrogen) atoms. The van der Waals surface area contributed by atoms with Crippen molar-refractivity contribution in [2.45, 2.75) is 26.2 Å². The standard InChI is InChI=1S/C21H25N5OS/c1-15-13-19(26-11-5-2-6-12-26)25-21(24-15)23-10-9-22-20(27)18-14-16-7-3-4-8-17(16)28-18/h3-4,7-8,13-14H,2,5-6,9-12H2,1H3,(H,22,27)(H,23,24,25). The number of hydrogen-bond acceptors (Lipinski definition) is 6. The van der Waals surface area contributed by atoms with E-state index in [4.69, 9.17) is 0 Å². The van der Waals surface area contributed by atoms with Crippen LogP contribution < -0.4 is 15.5 Å². The molecule has 3 heterocycles. The third-order valence-electron chi connectivity index (χ3n) is 4.86. The van der Waals surface area contributed by atoms with Crippen molar-refractivity contribution in [2.24, 2.45) is 0 Å². The molecular weight excluding hydrogens is 370 g/mol. The van der Waals surface area contributed by atoms with E-state index < -0.39 is 0 Å². The zero-order chi connectivity index (χ0) is 19.3. The predicted molar refractivity (Wildman–Crippen MR) is 115 cm³/mol. The first-order valence-electron chi connectivity index (χ1n) is 9.80. The molecule has 1 amide bonds. The topological polar surface area (TPSA) is 70.2 Å². The highest BCUT2D eigenvalue weighted by molar-refractivity contribution is 7.20. The number of benzene rings is 1. The molecule has 146 valence electrons. The molecule has 0 unspecified atom stereocenters. The number of fused-ring (bicyclic) bond motifs is 1. The van der Waals surface area contributed by atoms with Crippen LogP contribution in [0.5, 0.6) is 0 Å². The van der Waals surface area contributed by atoms with Gasteiger partial charge < -0.3 is 15.5 Å². The number of carbonyl (C=O) groups excluding carboxylic acids is 1. The van der Waals surface area contributed by atoms with Crippen molar-refractivity contribution < 1.29 is 4.79 Å². The van der Waals surface area contributed by atoms with Crippen molar-refractivity contribution >= 4 is 39.1 Å². The first kappa shape index (κ1) is 18.7. The van der Waals surface area contributed by atoms with Crippen LogP contribution in [0.4, 0.5) is 11.8 Å². The van der Waals surface area contributed by atoms with E-state index >= 15 is 0 Å². The van der Waals surface area contributed by atoms with Gasteiger partial charge in [0.25, 0.3) is 5.91 Å². The monoisotopic (exact) mass is 395 g/mol. The number of piperidine rings is 1. The molecule has 1 aliphatic heterocycles. The molecule has 1 aliphatic rings. The Bertz CT molecular complexity index is 931. The van der Waals surface area contributed by atoms with E-state index in [1.807, 2.05) is 43.3 Å². The van der Waals surface area contributed by atoms with Crippen molar-refractivity contribution in [3.05, 3.63) is 47.0 Å². The molecule has 0 spiro atoms. The van der Waals surface area contributed by atoms with Crippen LogP contribution in [0.25, 0.3) is 10.1 Å². The first-order chi connectivity index (χ1) is 13.7. The Morgan fingerprint density at radius 1 is 1.11 bits per heavy atom. The van der Waals surface area contributed by atoms with Crippen LogP contribution in [0, 0.1) is 6.92 Å². The van der Waals surface area contributed by atoms with Crippen LogP contribution in [0.3, 0.4) is 0 Å². The molecule has 7 heteroatoms. The van der Waals surface area contributed by atoms with E-state index in [1.165, 1.54) is 30.6 Å². The summed E-state index contributed by atoms with van der Waals surface area (Å²) in [5.41, 5.74) is 0.951. The molecule has 1 fully saturated rings. The third-order valence-corrected chi connectivity index (χ3v) is 5.98. The molecule has 2 N–H and O–H groups in total. The molecule has 0 bridgehead atoms. The van der Waals surface area contributed by atoms with Gasteiger partial charge in [0.1, 0.15) is 5.82 Å². The summed E-state index contributed by atoms with van der Waals surface area (Å²) in [5, 5.41) is 7.31. The average molecular weight is 396 g/mol. The number of amides is 1. The summed E-state index contributed by atoms with van der Waals surface area (Å²) in [7, 11) is 0. The largest absolute Gasteiger partial charge is 0.356 e. The summed E-state index contributed by atoms with van der Waals surface area (Å²) in [5.74, 6) is 1.57. The molecule has 1 saturated heterocycles. The highest BCUT2D eigenvalue weighted by Crippen LogP contribution is 2.25. The fourth-order valence-corrected chi connectivity index (χ4v) is 4.43. The maximum atomic E-state index is 12.4. The predicted octanol–water partition coefficient (Wildman–Crippen LogP) is 3.83. The number of nitrogens with zero attached hydrogens (tertiary/aromatic N) is 3. The zero-order valence-electron chi connectivity index (χ0n) is 16.1. The van der Waals surface area contributed by atoms with E-state index in [-0.39, 0.29) is 5.91 Å². The summed E-state index contributed by atoms with van der Waals surface area (Å²) in [6.45, 7) is 5.20. The van der Waals surface area contributed by atoms with E-state index in [0.717, 1.165) is 39.6 Å². The number of aromatic nitrogens is 2. The van der Waals surface area contributed by atoms with Crippen molar-refractivity contribution in [3.8, 4) is 0 Å². The fraction of sp³-hybridized carbons (Fsp3) is 0.381. The van der Waals surface area contributed by atoms with Crippen LogP contribution in [-0.4, -0.2) is 42.1 Å². The summed E-state index contributed by atoms with van der Waals surface area (Å²) in [4.78, 5) is 24.6. The van der Waals surface area contributed by atoms with Crippen molar-refractivity contribution in [1.82, 2.24) is 15.3 Å². The third kappa shape index (κ3) is 4.42. The maximum Gasteiger partial charge on any atom is 0.261 e. The Hall–Kier alpha value is -2.67. The number of aryl methyl sites for hydroxylation is 1. The Morgan fingerprint density at radius 3 is 2.75 bits per heavy atom. The van der Waals surface area contributed by atoms with Crippen LogP contribution >= 0.6 is 11.3 Å². The zero-order valence-corrected chi connectivity index (χ0v) is 16.9. The minimum Gasteiger partial charge on any atom is -0.356 e. The lowest BCUT2D eigenvalue weighted by molar-refractivity contribution is 0.0959. The van der Waals surface area contributed by atoms with E-state index in [1.54, 1.807) is 0 Å². The van der Waals surface area contributed by atoms with Crippen LogP contribution in [0.1, 0.15) is 34.6 Å². The lowest BCUT2D eigenvalue weighted by Gasteiger charge is -2.28. The molecule has 3 aromatic rings. The molecule has 0 atom stereocenters. The van der Waals surface area contributed by atoms with E-state index in [0.29, 0.717) is 19.0 Å². The van der Waals surface area contributed by atoms with Crippen molar-refractivity contribution in [3.63, 3.8) is 0 Å². The average Bonchev–Trinajstić information content (AvgIpc) is 3.16. The molecule has 1 aromatic carbocycles. The Labute approximate surface area is 169 Å². The van der Waals surface area contributed by atoms with Gasteiger partial charge in [0, 0.05) is 42.6 Å². The summed E-state index contributed by atoms with van der Waals surface area (Å²) < 4.78 is 1.13. The number of rotatable bonds is 6. The maximum absolute atomic E-state index is 12.4. The van der Waals surface area contributed by atoms with Crippen LogP contribution in [-0.2, 0) is 0 Å². The minimum atomic E-state index is -0.0397. The van der Waals surface area contributed by atoms with Crippen molar-refractivity contribution in [1.29, 1.82) is 0 Å². The van der Waals surface area contributed by atoms with Gasteiger partial charge in [-0.3, -0.25) is 4.79 Å². The molecule has 2 aromatic heterocycles. The van der Waals surface area contributed by atoms with Gasteiger partial charge in [-0.25, -0.2) is 4.98 Å². The van der Waals surface area contributed by atoms with Crippen LogP contribution in [0.15, 0.2) is 36.4 Å². The van der Waals surface area contributed by atoms with Gasteiger partial charge in [-0.05, 0) is 43.7 Å². The molecule has 0 radical (unpaired) electrons. The molecule has 4 rings (SSSR count). The summed E-state index contributed by atoms with van der Waals surface area (Å²) >= 11 is 1.52. The van der Waals surface area contributed by atoms with Crippen LogP contribution in [0.2, 0.25) is 0 Å². The van der Waals surface area contributed by atoms with E-state index in [9.17, 15) is 4.79 Å². The van der Waals surface area contributed by atoms with Crippen molar-refractivity contribution in [2.75, 3.05) is 36.4 Å². The number of thiophene rings is 1. The second kappa shape index (κ2) is 8.56. The number of nitrogens with one attached hydrogen (secondary N) is 2. The highest BCUT2D eigenvalue weighted by atomic mass is 32.1. The van der Waals surface area contributed by atoms with Gasteiger partial charge in [-0.15, -0.1) is 11.3 Å². The number of anilines is 2. The van der Waals surface area contributed by atoms with Gasteiger partial charge in [0.2, 0.25) is 5.95 Å². The SMILES string of the molecule is Cc1cc(N2CCCCC2)nc(NCCNC(=O)c2cc3ccccc3s2)n1. The van der Waals surface area contributed by atoms with E-state index in [2.05, 4.69) is 25.5 Å². The summed E-state index contributed by atoms with van der Waals surface area (Å²) in [6.07, 6.45) is 3.73. The summed E-state index contributed by atoms with van der Waals surface area (Å²) in [6, 6.07) is 12.0. The molecular formula is C21H25N5OS. The molecule has 6 nitrogen and oxygen atoms in total. The number of hydrogen-bond donors (Lipinski definition) is 2. The first-order valence-corrected chi connectivity index (χ1v) is 10.6. The fourth-order valence-electron chi connectivity index (χ4n) is 3.45. The smallest absolute Gasteiger partial charge is 0.261 e. The number of carbonyl (C=O) groups is 1. The highest BCUT2D eigenvalue weighted by Gasteiger charge is 2.14. The van der Waals surface area contributed by atoms with Gasteiger partial charge >= 0.3 is 0 Å². The van der Waals surface area contributed by atoms with Gasteiger partial charge in [0.05, 0.1) is 4.88 Å². The second-order valence-electron chi connectivity index (χ2n) is 7.07. The molecule has 0 saturated carbocycles. The second-order valence-corrected chi connectivity index (χ2v) is 8.15. The Balaban J connectivity index is 1.31. The quantitative estimate of drug-likeness (QED) is 0.621. The molecule has 0 aliphatic carbocycles. The van der Waals surface area contributed by atoms with Gasteiger partial charge in [-0.2, -0.15) is 4.98 Å². The lowest BCUT2D eigenvalue weighted by atomic mass is 10.1. The normalized spacial score (nSPS) is 14.2. The van der Waals surface area contributed by atoms with Gasteiger partial charge in [0.15, 0.2) is 0 Å². The lowest BCUT2D eigenvalue weighted by Crippen LogP contribution is -2.31. The van der Waals surface area contributed by atoms with Gasteiger partial charge in [-0.1, -0.05) is 18.2 Å². The minimum absolute atomic E-state index is 0.0397.